The van der Waals surface area contributed by atoms with Crippen LogP contribution in [-0.2, 0) is 26.4 Å². The normalized spacial score (nSPS) is 8.20. The Kier molecular flexibility index (Phi) is 8.71. The van der Waals surface area contributed by atoms with Gasteiger partial charge in [-0.15, -0.1) is 0 Å². The Bertz CT molecular complexity index is 121. The van der Waals surface area contributed by atoms with Crippen LogP contribution in [-0.4, -0.2) is 11.6 Å². The largest absolute Gasteiger partial charge is 0.300 e. The van der Waals surface area contributed by atoms with Crippen LogP contribution in [0.5, 0.6) is 0 Å². The Labute approximate surface area is 71.6 Å². The van der Waals surface area contributed by atoms with E-state index in [0.29, 0.717) is 6.42 Å². The second kappa shape index (κ2) is 6.96. The van der Waals surface area contributed by atoms with Gasteiger partial charge in [0.15, 0.2) is 0 Å². The molecular weight excluding hydrogens is 175 g/mol. The number of carbonyl (C=O) groups is 2. The minimum absolute atomic E-state index is 0. The van der Waals surface area contributed by atoms with E-state index in [1.807, 2.05) is 6.92 Å². The Balaban J connectivity index is 0. The maximum atomic E-state index is 10.6. The molecule has 0 atom stereocenters. The summed E-state index contributed by atoms with van der Waals surface area (Å²) in [6.45, 7) is 3.37. The van der Waals surface area contributed by atoms with E-state index in [9.17, 15) is 9.59 Å². The zero-order valence-corrected chi connectivity index (χ0v) is 7.31. The number of carbonyl (C=O) groups excluding carboxylic acids is 2. The second-order valence-corrected chi connectivity index (χ2v) is 2.17. The third-order valence-corrected chi connectivity index (χ3v) is 0.975. The average molecular weight is 187 g/mol. The fraction of sp³-hybridized carbons (Fsp3) is 0.714. The number of hydrogen-bond donors (Lipinski definition) is 0. The van der Waals surface area contributed by atoms with Crippen molar-refractivity contribution in [3.05, 3.63) is 0 Å². The van der Waals surface area contributed by atoms with Crippen LogP contribution in [0.4, 0.5) is 0 Å². The molecule has 0 heterocycles. The van der Waals surface area contributed by atoms with E-state index in [1.165, 1.54) is 6.92 Å². The average Bonchev–Trinajstić information content (AvgIpc) is 1.63. The SMILES string of the molecule is CCCC(=O)CC(C)=O.[Co]. The van der Waals surface area contributed by atoms with E-state index >= 15 is 0 Å². The van der Waals surface area contributed by atoms with Crippen LogP contribution in [0.2, 0.25) is 0 Å². The molecule has 0 aliphatic rings. The number of hydrogen-bond acceptors (Lipinski definition) is 2. The molecule has 0 saturated carbocycles. The Morgan fingerprint density at radius 1 is 1.30 bits per heavy atom. The summed E-state index contributed by atoms with van der Waals surface area (Å²) in [5, 5.41) is 0. The summed E-state index contributed by atoms with van der Waals surface area (Å²) in [5.41, 5.74) is 0. The van der Waals surface area contributed by atoms with Gasteiger partial charge < -0.3 is 0 Å². The zero-order chi connectivity index (χ0) is 7.28. The van der Waals surface area contributed by atoms with E-state index in [4.69, 9.17) is 0 Å². The van der Waals surface area contributed by atoms with Crippen molar-refractivity contribution in [1.82, 2.24) is 0 Å². The number of ketones is 2. The molecule has 0 unspecified atom stereocenters. The Morgan fingerprint density at radius 3 is 2.10 bits per heavy atom. The molecule has 3 heteroatoms. The standard InChI is InChI=1S/C7H12O2.Co/c1-3-4-7(9)5-6(2)8;/h3-5H2,1-2H3;. The van der Waals surface area contributed by atoms with Gasteiger partial charge >= 0.3 is 0 Å². The molecule has 0 aromatic heterocycles. The topological polar surface area (TPSA) is 34.1 Å². The summed E-state index contributed by atoms with van der Waals surface area (Å²) in [5.74, 6) is 0.0263. The fourth-order valence-corrected chi connectivity index (χ4v) is 0.645. The molecule has 2 nitrogen and oxygen atoms in total. The zero-order valence-electron chi connectivity index (χ0n) is 6.27. The quantitative estimate of drug-likeness (QED) is 0.622. The molecule has 0 aromatic carbocycles. The summed E-state index contributed by atoms with van der Waals surface area (Å²) >= 11 is 0. The minimum Gasteiger partial charge on any atom is -0.300 e. The third-order valence-electron chi connectivity index (χ3n) is 0.975. The van der Waals surface area contributed by atoms with Crippen molar-refractivity contribution < 1.29 is 26.4 Å². The van der Waals surface area contributed by atoms with Crippen molar-refractivity contribution in [1.29, 1.82) is 0 Å². The van der Waals surface area contributed by atoms with E-state index in [0.717, 1.165) is 6.42 Å². The number of rotatable bonds is 4. The maximum Gasteiger partial charge on any atom is 0.140 e. The first-order valence-electron chi connectivity index (χ1n) is 3.18. The molecule has 0 aromatic rings. The fourth-order valence-electron chi connectivity index (χ4n) is 0.645. The molecule has 0 spiro atoms. The molecule has 0 rings (SSSR count). The summed E-state index contributed by atoms with van der Waals surface area (Å²) in [4.78, 5) is 20.9. The molecule has 0 bridgehead atoms. The third kappa shape index (κ3) is 7.85. The van der Waals surface area contributed by atoms with E-state index in [1.54, 1.807) is 0 Å². The van der Waals surface area contributed by atoms with Gasteiger partial charge in [0.05, 0.1) is 6.42 Å². The maximum absolute atomic E-state index is 10.6. The summed E-state index contributed by atoms with van der Waals surface area (Å²) in [6.07, 6.45) is 1.50. The van der Waals surface area contributed by atoms with Gasteiger partial charge in [-0.05, 0) is 13.3 Å². The molecule has 61 valence electrons. The molecule has 0 N–H and O–H groups in total. The van der Waals surface area contributed by atoms with Crippen molar-refractivity contribution in [3.8, 4) is 0 Å². The predicted octanol–water partition coefficient (Wildman–Crippen LogP) is 1.33. The molecule has 0 aliphatic carbocycles. The minimum atomic E-state index is -0.0338. The van der Waals surface area contributed by atoms with Gasteiger partial charge in [0.25, 0.3) is 0 Å². The van der Waals surface area contributed by atoms with Crippen LogP contribution in [0.3, 0.4) is 0 Å². The van der Waals surface area contributed by atoms with Crippen molar-refractivity contribution in [2.24, 2.45) is 0 Å². The van der Waals surface area contributed by atoms with Gasteiger partial charge in [0, 0.05) is 23.2 Å². The van der Waals surface area contributed by atoms with Crippen LogP contribution in [0.15, 0.2) is 0 Å². The van der Waals surface area contributed by atoms with Crippen molar-refractivity contribution in [2.45, 2.75) is 33.1 Å². The van der Waals surface area contributed by atoms with Crippen molar-refractivity contribution in [3.63, 3.8) is 0 Å². The molecule has 0 aliphatic heterocycles. The van der Waals surface area contributed by atoms with Gasteiger partial charge in [-0.1, -0.05) is 6.92 Å². The second-order valence-electron chi connectivity index (χ2n) is 2.17. The predicted molar refractivity (Wildman–Crippen MR) is 35.2 cm³/mol. The van der Waals surface area contributed by atoms with Gasteiger partial charge in [-0.25, -0.2) is 0 Å². The van der Waals surface area contributed by atoms with Crippen LogP contribution >= 0.6 is 0 Å². The molecule has 0 fully saturated rings. The van der Waals surface area contributed by atoms with Gasteiger partial charge in [0.2, 0.25) is 0 Å². The smallest absolute Gasteiger partial charge is 0.140 e. The van der Waals surface area contributed by atoms with E-state index < -0.39 is 0 Å². The van der Waals surface area contributed by atoms with Crippen LogP contribution in [0, 0.1) is 0 Å². The Morgan fingerprint density at radius 2 is 1.80 bits per heavy atom. The first-order chi connectivity index (χ1) is 4.16. The van der Waals surface area contributed by atoms with Crippen LogP contribution in [0.1, 0.15) is 33.1 Å². The molecule has 10 heavy (non-hydrogen) atoms. The molecule has 0 saturated heterocycles. The van der Waals surface area contributed by atoms with E-state index in [-0.39, 0.29) is 34.8 Å². The van der Waals surface area contributed by atoms with Gasteiger partial charge in [0.1, 0.15) is 11.6 Å². The van der Waals surface area contributed by atoms with Crippen molar-refractivity contribution in [2.75, 3.05) is 0 Å². The van der Waals surface area contributed by atoms with Crippen LogP contribution in [0.25, 0.3) is 0 Å². The first-order valence-corrected chi connectivity index (χ1v) is 3.18. The molecular formula is C7H12CoO2. The monoisotopic (exact) mass is 187 g/mol. The van der Waals surface area contributed by atoms with Crippen LogP contribution < -0.4 is 0 Å². The Hall–Kier alpha value is -0.154. The summed E-state index contributed by atoms with van der Waals surface area (Å²) < 4.78 is 0. The van der Waals surface area contributed by atoms with Gasteiger partial charge in [-0.2, -0.15) is 0 Å². The van der Waals surface area contributed by atoms with Crippen molar-refractivity contribution >= 4 is 11.6 Å². The summed E-state index contributed by atoms with van der Waals surface area (Å²) in [7, 11) is 0. The number of Topliss-reactive ketones (excluding diaryl/α,β-unsaturated/α-hetero) is 2. The van der Waals surface area contributed by atoms with E-state index in [2.05, 4.69) is 0 Å². The molecule has 0 amide bonds. The molecule has 1 radical (unpaired) electrons. The first kappa shape index (κ1) is 12.5. The van der Waals surface area contributed by atoms with Gasteiger partial charge in [-0.3, -0.25) is 9.59 Å². The summed E-state index contributed by atoms with van der Waals surface area (Å²) in [6, 6.07) is 0.